The van der Waals surface area contributed by atoms with Crippen molar-refractivity contribution in [1.29, 1.82) is 0 Å². The van der Waals surface area contributed by atoms with Gasteiger partial charge in [0.2, 0.25) is 5.91 Å². The molecule has 0 saturated heterocycles. The Bertz CT molecular complexity index is 298. The average molecular weight is 242 g/mol. The Balaban J connectivity index is 2.88. The van der Waals surface area contributed by atoms with Crippen LogP contribution >= 0.6 is 0 Å². The maximum absolute atomic E-state index is 11.2. The van der Waals surface area contributed by atoms with Crippen LogP contribution in [-0.4, -0.2) is 40.5 Å². The van der Waals surface area contributed by atoms with Gasteiger partial charge in [0.1, 0.15) is 0 Å². The fraction of sp³-hybridized carbons (Fsp3) is 0.833. The monoisotopic (exact) mass is 242 g/mol. The summed E-state index contributed by atoms with van der Waals surface area (Å²) in [6.45, 7) is 1.74. The molecule has 0 heterocycles. The number of carbonyl (C=O) groups excluding carboxylic acids is 1. The van der Waals surface area contributed by atoms with Crippen LogP contribution in [0.15, 0.2) is 0 Å². The van der Waals surface area contributed by atoms with Gasteiger partial charge in [0, 0.05) is 5.54 Å². The Morgan fingerprint density at radius 1 is 1.35 bits per heavy atom. The Morgan fingerprint density at radius 3 is 2.29 bits per heavy atom. The third-order valence-corrected chi connectivity index (χ3v) is 4.01. The van der Waals surface area contributed by atoms with Gasteiger partial charge in [-0.1, -0.05) is 19.3 Å². The van der Waals surface area contributed by atoms with Crippen LogP contribution in [0, 0.1) is 0 Å². The SMILES string of the molecule is CC(C(N)=O)N(C)C1(CC(=O)O)CCCCC1. The summed E-state index contributed by atoms with van der Waals surface area (Å²) < 4.78 is 0. The lowest BCUT2D eigenvalue weighted by Gasteiger charge is -2.45. The number of hydrogen-bond donors (Lipinski definition) is 2. The first kappa shape index (κ1) is 14.0. The van der Waals surface area contributed by atoms with Gasteiger partial charge in [-0.2, -0.15) is 0 Å². The van der Waals surface area contributed by atoms with Crippen LogP contribution in [0.4, 0.5) is 0 Å². The first-order valence-electron chi connectivity index (χ1n) is 6.13. The number of carboxylic acid groups (broad SMARTS) is 1. The molecule has 0 spiro atoms. The number of carbonyl (C=O) groups is 2. The number of nitrogens with zero attached hydrogens (tertiary/aromatic N) is 1. The topological polar surface area (TPSA) is 83.6 Å². The smallest absolute Gasteiger partial charge is 0.305 e. The number of aliphatic carboxylic acids is 1. The number of rotatable bonds is 5. The van der Waals surface area contributed by atoms with E-state index in [4.69, 9.17) is 10.8 Å². The van der Waals surface area contributed by atoms with Gasteiger partial charge in [0.15, 0.2) is 0 Å². The lowest BCUT2D eigenvalue weighted by Crippen LogP contribution is -2.56. The lowest BCUT2D eigenvalue weighted by molar-refractivity contribution is -0.143. The summed E-state index contributed by atoms with van der Waals surface area (Å²) in [6.07, 6.45) is 4.91. The van der Waals surface area contributed by atoms with Crippen LogP contribution in [0.2, 0.25) is 0 Å². The highest BCUT2D eigenvalue weighted by Crippen LogP contribution is 2.36. The van der Waals surface area contributed by atoms with E-state index in [-0.39, 0.29) is 6.42 Å². The molecule has 0 radical (unpaired) electrons. The van der Waals surface area contributed by atoms with E-state index in [2.05, 4.69) is 0 Å². The number of nitrogens with two attached hydrogens (primary N) is 1. The number of likely N-dealkylation sites (N-methyl/N-ethyl adjacent to an activating group) is 1. The van der Waals surface area contributed by atoms with Crippen LogP contribution in [0.25, 0.3) is 0 Å². The van der Waals surface area contributed by atoms with Gasteiger partial charge in [-0.05, 0) is 26.8 Å². The highest BCUT2D eigenvalue weighted by Gasteiger charge is 2.41. The minimum absolute atomic E-state index is 0.0844. The van der Waals surface area contributed by atoms with Crippen LogP contribution in [0.3, 0.4) is 0 Å². The third-order valence-electron chi connectivity index (χ3n) is 4.01. The number of amides is 1. The predicted molar refractivity (Wildman–Crippen MR) is 64.5 cm³/mol. The van der Waals surface area contributed by atoms with Crippen molar-refractivity contribution < 1.29 is 14.7 Å². The molecular formula is C12H22N2O3. The van der Waals surface area contributed by atoms with Crippen molar-refractivity contribution in [2.45, 2.75) is 57.0 Å². The highest BCUT2D eigenvalue weighted by molar-refractivity contribution is 5.79. The predicted octanol–water partition coefficient (Wildman–Crippen LogP) is 0.970. The zero-order chi connectivity index (χ0) is 13.1. The number of hydrogen-bond acceptors (Lipinski definition) is 3. The Kier molecular flexibility index (Phi) is 4.51. The molecule has 5 heteroatoms. The largest absolute Gasteiger partial charge is 0.481 e. The van der Waals surface area contributed by atoms with E-state index >= 15 is 0 Å². The van der Waals surface area contributed by atoms with Crippen molar-refractivity contribution >= 4 is 11.9 Å². The molecule has 98 valence electrons. The summed E-state index contributed by atoms with van der Waals surface area (Å²) in [7, 11) is 1.81. The normalized spacial score (nSPS) is 21.1. The minimum atomic E-state index is -0.810. The second kappa shape index (κ2) is 5.49. The van der Waals surface area contributed by atoms with Crippen molar-refractivity contribution in [3.63, 3.8) is 0 Å². The van der Waals surface area contributed by atoms with Gasteiger partial charge in [-0.25, -0.2) is 0 Å². The fourth-order valence-corrected chi connectivity index (χ4v) is 2.75. The molecule has 1 aliphatic rings. The Hall–Kier alpha value is -1.10. The fourth-order valence-electron chi connectivity index (χ4n) is 2.75. The molecule has 0 aromatic rings. The quantitative estimate of drug-likeness (QED) is 0.752. The van der Waals surface area contributed by atoms with Crippen molar-refractivity contribution in [3.05, 3.63) is 0 Å². The molecule has 0 aliphatic heterocycles. The summed E-state index contributed by atoms with van der Waals surface area (Å²) in [4.78, 5) is 24.1. The molecule has 0 bridgehead atoms. The number of carboxylic acids is 1. The summed E-state index contributed by atoms with van der Waals surface area (Å²) >= 11 is 0. The lowest BCUT2D eigenvalue weighted by atomic mass is 9.77. The maximum Gasteiger partial charge on any atom is 0.305 e. The number of primary amides is 1. The molecule has 1 aliphatic carbocycles. The van der Waals surface area contributed by atoms with Crippen molar-refractivity contribution in [2.75, 3.05) is 7.05 Å². The molecule has 1 fully saturated rings. The van der Waals surface area contributed by atoms with Crippen molar-refractivity contribution in [1.82, 2.24) is 4.90 Å². The van der Waals surface area contributed by atoms with Gasteiger partial charge >= 0.3 is 5.97 Å². The molecule has 1 unspecified atom stereocenters. The highest BCUT2D eigenvalue weighted by atomic mass is 16.4. The van der Waals surface area contributed by atoms with E-state index < -0.39 is 23.5 Å². The molecule has 1 atom stereocenters. The maximum atomic E-state index is 11.2. The first-order chi connectivity index (χ1) is 7.89. The van der Waals surface area contributed by atoms with Crippen molar-refractivity contribution in [3.8, 4) is 0 Å². The van der Waals surface area contributed by atoms with Crippen LogP contribution in [-0.2, 0) is 9.59 Å². The minimum Gasteiger partial charge on any atom is -0.481 e. The van der Waals surface area contributed by atoms with Crippen molar-refractivity contribution in [2.24, 2.45) is 5.73 Å². The van der Waals surface area contributed by atoms with E-state index in [9.17, 15) is 9.59 Å². The van der Waals surface area contributed by atoms with Crippen LogP contribution < -0.4 is 5.73 Å². The van der Waals surface area contributed by atoms with Gasteiger partial charge in [-0.15, -0.1) is 0 Å². The molecule has 0 aromatic heterocycles. The van der Waals surface area contributed by atoms with Gasteiger partial charge in [-0.3, -0.25) is 14.5 Å². The van der Waals surface area contributed by atoms with Gasteiger partial charge in [0.05, 0.1) is 12.5 Å². The Labute approximate surface area is 102 Å². The molecule has 3 N–H and O–H groups in total. The Morgan fingerprint density at radius 2 is 1.88 bits per heavy atom. The summed E-state index contributed by atoms with van der Waals surface area (Å²) in [6, 6.07) is -0.424. The molecule has 1 rings (SSSR count). The van der Waals surface area contributed by atoms with Crippen LogP contribution in [0.1, 0.15) is 45.4 Å². The molecule has 1 saturated carbocycles. The summed E-state index contributed by atoms with van der Waals surface area (Å²) in [5.41, 5.74) is 4.90. The van der Waals surface area contributed by atoms with Gasteiger partial charge in [0.25, 0.3) is 0 Å². The molecule has 0 aromatic carbocycles. The average Bonchev–Trinajstić information content (AvgIpc) is 2.27. The van der Waals surface area contributed by atoms with Crippen LogP contribution in [0.5, 0.6) is 0 Å². The molecular weight excluding hydrogens is 220 g/mol. The first-order valence-corrected chi connectivity index (χ1v) is 6.13. The molecule has 17 heavy (non-hydrogen) atoms. The molecule has 1 amide bonds. The standard InChI is InChI=1S/C12H22N2O3/c1-9(11(13)17)14(2)12(8-10(15)16)6-4-3-5-7-12/h9H,3-8H2,1-2H3,(H2,13,17)(H,15,16). The second-order valence-electron chi connectivity index (χ2n) is 5.04. The second-order valence-corrected chi connectivity index (χ2v) is 5.04. The van der Waals surface area contributed by atoms with E-state index in [1.807, 2.05) is 11.9 Å². The third kappa shape index (κ3) is 3.19. The van der Waals surface area contributed by atoms with Gasteiger partial charge < -0.3 is 10.8 Å². The van der Waals surface area contributed by atoms with E-state index in [0.717, 1.165) is 32.1 Å². The van der Waals surface area contributed by atoms with E-state index in [1.165, 1.54) is 0 Å². The summed E-state index contributed by atoms with van der Waals surface area (Å²) in [5.74, 6) is -1.21. The van der Waals surface area contributed by atoms with E-state index in [1.54, 1.807) is 6.92 Å². The molecule has 5 nitrogen and oxygen atoms in total. The zero-order valence-electron chi connectivity index (χ0n) is 10.6. The van der Waals surface area contributed by atoms with E-state index in [0.29, 0.717) is 0 Å². The zero-order valence-corrected chi connectivity index (χ0v) is 10.6. The summed E-state index contributed by atoms with van der Waals surface area (Å²) in [5, 5.41) is 9.06.